The fourth-order valence-corrected chi connectivity index (χ4v) is 5.60. The Morgan fingerprint density at radius 3 is 1.68 bits per heavy atom. The van der Waals surface area contributed by atoms with Crippen LogP contribution in [0.2, 0.25) is 0 Å². The lowest BCUT2D eigenvalue weighted by Gasteiger charge is -2.11. The molecule has 22 heteroatoms. The molecule has 2 aromatic carbocycles. The van der Waals surface area contributed by atoms with Crippen LogP contribution in [-0.2, 0) is 25.4 Å². The summed E-state index contributed by atoms with van der Waals surface area (Å²) in [7, 11) is 10.2. The number of fused-ring (bicyclic) bond motifs is 2. The number of aromatic amines is 2. The number of nitrogens with one attached hydrogen (secondary N) is 4. The Hall–Kier alpha value is -6.94. The fourth-order valence-electron chi connectivity index (χ4n) is 5.60. The number of carbonyl (C=O) groups is 2. The highest BCUT2D eigenvalue weighted by Crippen LogP contribution is 2.41. The van der Waals surface area contributed by atoms with E-state index in [4.69, 9.17) is 29.8 Å². The van der Waals surface area contributed by atoms with Crippen molar-refractivity contribution >= 4 is 45.5 Å². The molecule has 0 saturated heterocycles. The van der Waals surface area contributed by atoms with Gasteiger partial charge in [0, 0.05) is 43.1 Å². The van der Waals surface area contributed by atoms with E-state index in [9.17, 15) is 35.9 Å². The monoisotopic (exact) mass is 846 g/mol. The van der Waals surface area contributed by atoms with Crippen LogP contribution in [0, 0.1) is 0 Å². The summed E-state index contributed by atoms with van der Waals surface area (Å²) in [6.07, 6.45) is -9.29. The summed E-state index contributed by atoms with van der Waals surface area (Å²) < 4.78 is 103. The minimum Gasteiger partial charge on any atom is -0.429 e. The summed E-state index contributed by atoms with van der Waals surface area (Å²) in [5.41, 5.74) is 8.85. The number of benzene rings is 2. The molecule has 0 radical (unpaired) electrons. The first kappa shape index (κ1) is 44.2. The van der Waals surface area contributed by atoms with Crippen LogP contribution in [0.25, 0.3) is 21.8 Å². The zero-order chi connectivity index (χ0) is 44.1. The molecule has 8 N–H and O–H groups in total. The minimum atomic E-state index is -4.67. The smallest absolute Gasteiger partial charge is 0.417 e. The van der Waals surface area contributed by atoms with Crippen molar-refractivity contribution in [3.8, 4) is 23.4 Å². The highest BCUT2D eigenvalue weighted by atomic mass is 19.4. The van der Waals surface area contributed by atoms with Gasteiger partial charge in [-0.15, -0.1) is 0 Å². The third-order valence-corrected chi connectivity index (χ3v) is 8.18. The quantitative estimate of drug-likeness (QED) is 0.0492. The van der Waals surface area contributed by atoms with Crippen LogP contribution in [0.4, 0.5) is 26.3 Å². The van der Waals surface area contributed by atoms with E-state index >= 15 is 0 Å². The second-order valence-corrected chi connectivity index (χ2v) is 13.4. The number of guanidine groups is 2. The van der Waals surface area contributed by atoms with Crippen molar-refractivity contribution in [3.63, 3.8) is 0 Å². The maximum absolute atomic E-state index is 13.6. The Morgan fingerprint density at radius 1 is 0.683 bits per heavy atom. The molecule has 0 aliphatic rings. The number of hydrogen-bond acceptors (Lipinski definition) is 10. The summed E-state index contributed by atoms with van der Waals surface area (Å²) in [6.45, 7) is 1.04. The standard InChI is InChI=1S/2C19H20F3N5O3/c1-24-18(23)26-17(28)13-8-11-12(19(20,21)22)5-6-14(16(11)25-13)30-15-7-4-10(29-15)9-27(2)3;1-24-18(23)26-17(28)15-8-12-13(19(20,21)22)6-11(7-14(12)25-15)30-16-5-4-10(29-16)9-27(2)3/h2*4-8,25H,9H2,1-3H3,(H3,23,24,26,28). The minimum absolute atomic E-state index is 0.00690. The molecule has 0 fully saturated rings. The van der Waals surface area contributed by atoms with Crippen molar-refractivity contribution in [1.82, 2.24) is 30.4 Å². The van der Waals surface area contributed by atoms with Crippen LogP contribution in [0.1, 0.15) is 43.6 Å². The Morgan fingerprint density at radius 2 is 1.18 bits per heavy atom. The van der Waals surface area contributed by atoms with Crippen molar-refractivity contribution in [2.75, 3.05) is 42.3 Å². The molecule has 2 amide bonds. The lowest BCUT2D eigenvalue weighted by atomic mass is 10.1. The number of aromatic nitrogens is 2. The lowest BCUT2D eigenvalue weighted by Crippen LogP contribution is -2.36. The van der Waals surface area contributed by atoms with Crippen LogP contribution >= 0.6 is 0 Å². The van der Waals surface area contributed by atoms with Crippen LogP contribution in [-0.4, -0.2) is 85.8 Å². The normalized spacial score (nSPS) is 12.6. The van der Waals surface area contributed by atoms with Gasteiger partial charge in [0.15, 0.2) is 17.7 Å². The Kier molecular flexibility index (Phi) is 13.2. The van der Waals surface area contributed by atoms with Gasteiger partial charge in [-0.2, -0.15) is 26.3 Å². The molecule has 320 valence electrons. The Bertz CT molecular complexity index is 2550. The van der Waals surface area contributed by atoms with Gasteiger partial charge in [0.25, 0.3) is 23.7 Å². The molecule has 0 saturated carbocycles. The van der Waals surface area contributed by atoms with Crippen molar-refractivity contribution in [2.24, 2.45) is 21.5 Å². The number of carbonyl (C=O) groups excluding carboxylic acids is 2. The van der Waals surface area contributed by atoms with E-state index in [1.807, 2.05) is 38.0 Å². The van der Waals surface area contributed by atoms with Crippen molar-refractivity contribution in [2.45, 2.75) is 25.4 Å². The highest BCUT2D eigenvalue weighted by Gasteiger charge is 2.35. The van der Waals surface area contributed by atoms with E-state index in [1.165, 1.54) is 32.3 Å². The number of alkyl halides is 6. The van der Waals surface area contributed by atoms with E-state index in [0.29, 0.717) is 24.6 Å². The van der Waals surface area contributed by atoms with E-state index in [0.717, 1.165) is 24.3 Å². The molecular formula is C38H40F6N10O6. The van der Waals surface area contributed by atoms with E-state index in [2.05, 4.69) is 30.6 Å². The number of amides is 2. The van der Waals surface area contributed by atoms with E-state index in [-0.39, 0.29) is 68.5 Å². The number of nitrogens with zero attached hydrogens (tertiary/aromatic N) is 4. The molecule has 60 heavy (non-hydrogen) atoms. The van der Waals surface area contributed by atoms with Gasteiger partial charge < -0.3 is 49.5 Å². The molecule has 0 unspecified atom stereocenters. The maximum atomic E-state index is 13.6. The highest BCUT2D eigenvalue weighted by molar-refractivity contribution is 6.08. The zero-order valence-corrected chi connectivity index (χ0v) is 32.8. The number of hydrogen-bond donors (Lipinski definition) is 6. The second kappa shape index (κ2) is 17.9. The first-order valence-electron chi connectivity index (χ1n) is 17.5. The number of H-pyrrole nitrogens is 2. The van der Waals surface area contributed by atoms with Gasteiger partial charge in [-0.3, -0.25) is 30.2 Å². The molecule has 0 spiro atoms. The summed E-state index contributed by atoms with van der Waals surface area (Å²) in [5, 5.41) is 4.13. The average Bonchev–Trinajstić information content (AvgIpc) is 3.97. The SMILES string of the molecule is CN=C(N)NC(=O)c1cc2c(C(F)(F)F)cc(Oc3ccc(CN(C)C)o3)cc2[nH]1.CN=C(N)NC(=O)c1cc2c(C(F)(F)F)ccc(Oc3ccc(CN(C)C)o3)c2[nH]1. The largest absolute Gasteiger partial charge is 0.429 e. The third-order valence-electron chi connectivity index (χ3n) is 8.18. The molecule has 0 atom stereocenters. The number of rotatable bonds is 10. The van der Waals surface area contributed by atoms with E-state index in [1.54, 1.807) is 18.2 Å². The summed E-state index contributed by atoms with van der Waals surface area (Å²) in [4.78, 5) is 40.7. The molecule has 0 aliphatic carbocycles. The molecule has 16 nitrogen and oxygen atoms in total. The first-order chi connectivity index (χ1) is 28.1. The molecule has 0 bridgehead atoms. The molecule has 6 rings (SSSR count). The number of furan rings is 2. The van der Waals surface area contributed by atoms with Gasteiger partial charge in [-0.05, 0) is 70.7 Å². The number of ether oxygens (including phenoxy) is 2. The number of aliphatic imine (C=N–C) groups is 2. The van der Waals surface area contributed by atoms with Crippen LogP contribution in [0.5, 0.6) is 23.4 Å². The van der Waals surface area contributed by atoms with Crippen molar-refractivity contribution in [1.29, 1.82) is 0 Å². The van der Waals surface area contributed by atoms with Crippen molar-refractivity contribution < 1.29 is 54.2 Å². The summed E-state index contributed by atoms with van der Waals surface area (Å²) >= 11 is 0. The summed E-state index contributed by atoms with van der Waals surface area (Å²) in [6, 6.07) is 12.9. The zero-order valence-electron chi connectivity index (χ0n) is 32.8. The van der Waals surface area contributed by atoms with Crippen LogP contribution in [0.3, 0.4) is 0 Å². The van der Waals surface area contributed by atoms with Gasteiger partial charge in [-0.25, -0.2) is 0 Å². The lowest BCUT2D eigenvalue weighted by molar-refractivity contribution is -0.137. The maximum Gasteiger partial charge on any atom is 0.417 e. The van der Waals surface area contributed by atoms with Crippen LogP contribution in [0.15, 0.2) is 79.5 Å². The Labute approximate surface area is 337 Å². The van der Waals surface area contributed by atoms with Gasteiger partial charge in [0.2, 0.25) is 0 Å². The first-order valence-corrected chi connectivity index (χ1v) is 17.5. The van der Waals surface area contributed by atoms with Gasteiger partial charge in [-0.1, -0.05) is 0 Å². The van der Waals surface area contributed by atoms with Gasteiger partial charge in [0.05, 0.1) is 35.2 Å². The molecular weight excluding hydrogens is 806 g/mol. The number of halogens is 6. The molecule has 6 aromatic rings. The molecule has 4 heterocycles. The molecule has 0 aliphatic heterocycles. The van der Waals surface area contributed by atoms with Gasteiger partial charge >= 0.3 is 12.4 Å². The Balaban J connectivity index is 0.000000228. The predicted molar refractivity (Wildman–Crippen MR) is 209 cm³/mol. The van der Waals surface area contributed by atoms with Crippen LogP contribution < -0.4 is 31.6 Å². The topological polar surface area (TPSA) is 218 Å². The third kappa shape index (κ3) is 11.0. The number of nitrogens with two attached hydrogens (primary N) is 2. The average molecular weight is 847 g/mol. The van der Waals surface area contributed by atoms with Gasteiger partial charge in [0.1, 0.15) is 28.7 Å². The fraction of sp³-hybridized carbons (Fsp3) is 0.263. The summed E-state index contributed by atoms with van der Waals surface area (Å²) in [5.74, 6) is -0.431. The van der Waals surface area contributed by atoms with Crippen molar-refractivity contribution in [3.05, 3.63) is 94.7 Å². The molecule has 4 aromatic heterocycles. The predicted octanol–water partition coefficient (Wildman–Crippen LogP) is 6.62. The van der Waals surface area contributed by atoms with E-state index < -0.39 is 35.3 Å². The second-order valence-electron chi connectivity index (χ2n) is 13.4.